The molecule has 104 valence electrons. The fraction of sp³-hybridized carbons (Fsp3) is 0.857. The highest BCUT2D eigenvalue weighted by Gasteiger charge is 2.26. The van der Waals surface area contributed by atoms with Gasteiger partial charge in [-0.2, -0.15) is 0 Å². The van der Waals surface area contributed by atoms with Gasteiger partial charge in [0.05, 0.1) is 6.54 Å². The molecule has 4 heteroatoms. The van der Waals surface area contributed by atoms with Crippen LogP contribution in [-0.4, -0.2) is 34.8 Å². The van der Waals surface area contributed by atoms with Crippen molar-refractivity contribution in [1.29, 1.82) is 0 Å². The number of carbonyl (C=O) groups excluding carboxylic acids is 2. The molecular formula is C14H26N2O2. The number of amides is 2. The van der Waals surface area contributed by atoms with Crippen LogP contribution in [0.25, 0.3) is 0 Å². The third-order valence-corrected chi connectivity index (χ3v) is 3.25. The predicted octanol–water partition coefficient (Wildman–Crippen LogP) is 2.08. The van der Waals surface area contributed by atoms with E-state index < -0.39 is 0 Å². The van der Waals surface area contributed by atoms with Crippen molar-refractivity contribution in [3.8, 4) is 0 Å². The topological polar surface area (TPSA) is 49.4 Å². The minimum absolute atomic E-state index is 0.00552. The highest BCUT2D eigenvalue weighted by Crippen LogP contribution is 2.22. The van der Waals surface area contributed by atoms with Crippen LogP contribution in [0, 0.1) is 0 Å². The van der Waals surface area contributed by atoms with Crippen LogP contribution in [-0.2, 0) is 9.59 Å². The molecular weight excluding hydrogens is 228 g/mol. The second-order valence-electron chi connectivity index (χ2n) is 6.24. The smallest absolute Gasteiger partial charge is 0.240 e. The molecule has 0 unspecified atom stereocenters. The van der Waals surface area contributed by atoms with E-state index in [4.69, 9.17) is 0 Å². The summed E-state index contributed by atoms with van der Waals surface area (Å²) in [4.78, 5) is 25.3. The maximum Gasteiger partial charge on any atom is 0.240 e. The highest BCUT2D eigenvalue weighted by molar-refractivity contribution is 5.84. The number of carbonyl (C=O) groups is 2. The standard InChI is InChI=1S/C14H26N2O2/c1-11(17)16(12-8-6-5-7-9-12)10-13(18)15-14(2,3)4/h12H,5-10H2,1-4H3,(H,15,18). The summed E-state index contributed by atoms with van der Waals surface area (Å²) < 4.78 is 0. The summed E-state index contributed by atoms with van der Waals surface area (Å²) in [5.41, 5.74) is -0.244. The predicted molar refractivity (Wildman–Crippen MR) is 72.2 cm³/mol. The van der Waals surface area contributed by atoms with Crippen LogP contribution in [0.3, 0.4) is 0 Å². The molecule has 1 saturated carbocycles. The molecule has 0 atom stereocenters. The first kappa shape index (κ1) is 15.0. The molecule has 0 spiro atoms. The molecule has 0 saturated heterocycles. The van der Waals surface area contributed by atoms with Gasteiger partial charge in [-0.15, -0.1) is 0 Å². The zero-order valence-corrected chi connectivity index (χ0v) is 12.1. The Balaban J connectivity index is 2.57. The van der Waals surface area contributed by atoms with Crippen molar-refractivity contribution < 1.29 is 9.59 Å². The van der Waals surface area contributed by atoms with Crippen molar-refractivity contribution in [2.24, 2.45) is 0 Å². The molecule has 0 aromatic carbocycles. The van der Waals surface area contributed by atoms with Gasteiger partial charge < -0.3 is 10.2 Å². The average molecular weight is 254 g/mol. The monoisotopic (exact) mass is 254 g/mol. The van der Waals surface area contributed by atoms with Crippen molar-refractivity contribution in [1.82, 2.24) is 10.2 Å². The fourth-order valence-corrected chi connectivity index (χ4v) is 2.50. The van der Waals surface area contributed by atoms with E-state index >= 15 is 0 Å². The average Bonchev–Trinajstić information content (AvgIpc) is 2.24. The number of rotatable bonds is 3. The Hall–Kier alpha value is -1.06. The molecule has 0 heterocycles. The van der Waals surface area contributed by atoms with Crippen LogP contribution in [0.1, 0.15) is 59.8 Å². The summed E-state index contributed by atoms with van der Waals surface area (Å²) in [5, 5.41) is 2.91. The zero-order chi connectivity index (χ0) is 13.8. The molecule has 0 aromatic rings. The van der Waals surface area contributed by atoms with Gasteiger partial charge in [0.2, 0.25) is 11.8 Å². The molecule has 0 aromatic heterocycles. The van der Waals surface area contributed by atoms with E-state index in [1.807, 2.05) is 20.8 Å². The van der Waals surface area contributed by atoms with Crippen LogP contribution < -0.4 is 5.32 Å². The molecule has 0 bridgehead atoms. The van der Waals surface area contributed by atoms with E-state index in [2.05, 4.69) is 5.32 Å². The van der Waals surface area contributed by atoms with Gasteiger partial charge in [-0.25, -0.2) is 0 Å². The van der Waals surface area contributed by atoms with Gasteiger partial charge in [-0.1, -0.05) is 19.3 Å². The summed E-state index contributed by atoms with van der Waals surface area (Å²) in [6, 6.07) is 0.252. The maximum absolute atomic E-state index is 11.9. The molecule has 1 fully saturated rings. The van der Waals surface area contributed by atoms with E-state index in [1.54, 1.807) is 11.8 Å². The normalized spacial score (nSPS) is 17.3. The quantitative estimate of drug-likeness (QED) is 0.838. The highest BCUT2D eigenvalue weighted by atomic mass is 16.2. The number of hydrogen-bond acceptors (Lipinski definition) is 2. The molecule has 0 radical (unpaired) electrons. The number of nitrogens with one attached hydrogen (secondary N) is 1. The van der Waals surface area contributed by atoms with Crippen LogP contribution in [0.5, 0.6) is 0 Å². The second-order valence-corrected chi connectivity index (χ2v) is 6.24. The van der Waals surface area contributed by atoms with Crippen molar-refractivity contribution in [2.45, 2.75) is 71.4 Å². The number of nitrogens with zero attached hydrogens (tertiary/aromatic N) is 1. The van der Waals surface area contributed by atoms with E-state index in [0.717, 1.165) is 25.7 Å². The van der Waals surface area contributed by atoms with Crippen molar-refractivity contribution in [3.05, 3.63) is 0 Å². The van der Waals surface area contributed by atoms with Crippen molar-refractivity contribution in [2.75, 3.05) is 6.54 Å². The van der Waals surface area contributed by atoms with Crippen LogP contribution in [0.4, 0.5) is 0 Å². The third-order valence-electron chi connectivity index (χ3n) is 3.25. The molecule has 4 nitrogen and oxygen atoms in total. The first-order valence-corrected chi connectivity index (χ1v) is 6.88. The molecule has 1 rings (SSSR count). The van der Waals surface area contributed by atoms with Gasteiger partial charge in [-0.05, 0) is 33.6 Å². The van der Waals surface area contributed by atoms with E-state index in [-0.39, 0.29) is 29.9 Å². The van der Waals surface area contributed by atoms with E-state index in [9.17, 15) is 9.59 Å². The fourth-order valence-electron chi connectivity index (χ4n) is 2.50. The summed E-state index contributed by atoms with van der Waals surface area (Å²) in [7, 11) is 0. The van der Waals surface area contributed by atoms with Gasteiger partial charge in [0.25, 0.3) is 0 Å². The summed E-state index contributed by atoms with van der Waals surface area (Å²) in [6.07, 6.45) is 5.63. The van der Waals surface area contributed by atoms with Gasteiger partial charge in [0, 0.05) is 18.5 Å². The molecule has 18 heavy (non-hydrogen) atoms. The Morgan fingerprint density at radius 2 is 1.72 bits per heavy atom. The van der Waals surface area contributed by atoms with Gasteiger partial charge in [-0.3, -0.25) is 9.59 Å². The van der Waals surface area contributed by atoms with Crippen LogP contribution >= 0.6 is 0 Å². The second kappa shape index (κ2) is 6.21. The first-order valence-electron chi connectivity index (χ1n) is 6.88. The molecule has 0 aliphatic heterocycles. The summed E-state index contributed by atoms with van der Waals surface area (Å²) in [5.74, 6) is -0.0609. The Morgan fingerprint density at radius 3 is 2.17 bits per heavy atom. The van der Waals surface area contributed by atoms with Crippen LogP contribution in [0.2, 0.25) is 0 Å². The van der Waals surface area contributed by atoms with Crippen molar-refractivity contribution >= 4 is 11.8 Å². The minimum atomic E-state index is -0.244. The third kappa shape index (κ3) is 5.07. The maximum atomic E-state index is 11.9. The lowest BCUT2D eigenvalue weighted by atomic mass is 9.94. The lowest BCUT2D eigenvalue weighted by molar-refractivity contribution is -0.137. The molecule has 1 aliphatic rings. The molecule has 2 amide bonds. The largest absolute Gasteiger partial charge is 0.350 e. The lowest BCUT2D eigenvalue weighted by Gasteiger charge is -2.34. The van der Waals surface area contributed by atoms with E-state index in [1.165, 1.54) is 6.42 Å². The minimum Gasteiger partial charge on any atom is -0.350 e. The summed E-state index contributed by atoms with van der Waals surface area (Å²) >= 11 is 0. The SMILES string of the molecule is CC(=O)N(CC(=O)NC(C)(C)C)C1CCCCC1. The van der Waals surface area contributed by atoms with Gasteiger partial charge in [0.15, 0.2) is 0 Å². The van der Waals surface area contributed by atoms with Gasteiger partial charge >= 0.3 is 0 Å². The van der Waals surface area contributed by atoms with E-state index in [0.29, 0.717) is 0 Å². The Labute approximate surface area is 110 Å². The molecule has 1 N–H and O–H groups in total. The molecule has 1 aliphatic carbocycles. The zero-order valence-electron chi connectivity index (χ0n) is 12.1. The first-order chi connectivity index (χ1) is 8.29. The number of hydrogen-bond donors (Lipinski definition) is 1. The van der Waals surface area contributed by atoms with Crippen LogP contribution in [0.15, 0.2) is 0 Å². The Morgan fingerprint density at radius 1 is 1.17 bits per heavy atom. The summed E-state index contributed by atoms with van der Waals surface area (Å²) in [6.45, 7) is 7.59. The van der Waals surface area contributed by atoms with Crippen molar-refractivity contribution in [3.63, 3.8) is 0 Å². The Kier molecular flexibility index (Phi) is 5.17. The Bertz CT molecular complexity index is 301. The van der Waals surface area contributed by atoms with Gasteiger partial charge in [0.1, 0.15) is 0 Å². The lowest BCUT2D eigenvalue weighted by Crippen LogP contribution is -2.50.